The highest BCUT2D eigenvalue weighted by atomic mass is 35.5. The van der Waals surface area contributed by atoms with Gasteiger partial charge in [-0.1, -0.05) is 73.3 Å². The molecular weight excluding hydrogens is 950 g/mol. The van der Waals surface area contributed by atoms with Gasteiger partial charge in [-0.25, -0.2) is 4.21 Å². The Bertz CT molecular complexity index is 2720. The summed E-state index contributed by atoms with van der Waals surface area (Å²) >= 11 is 13.1. The van der Waals surface area contributed by atoms with E-state index in [1.54, 1.807) is 0 Å². The molecule has 6 aromatic rings. The minimum absolute atomic E-state index is 0.00308. The summed E-state index contributed by atoms with van der Waals surface area (Å²) in [6.45, 7) is 8.24. The van der Waals surface area contributed by atoms with Crippen LogP contribution in [-0.2, 0) is 18.0 Å². The van der Waals surface area contributed by atoms with Crippen LogP contribution in [0.5, 0.6) is 0 Å². The zero-order valence-corrected chi connectivity index (χ0v) is 43.6. The van der Waals surface area contributed by atoms with E-state index in [4.69, 9.17) is 24.2 Å². The van der Waals surface area contributed by atoms with Gasteiger partial charge in [0.25, 0.3) is 5.91 Å². The molecule has 2 saturated heterocycles. The van der Waals surface area contributed by atoms with Gasteiger partial charge in [-0.3, -0.25) is 4.79 Å². The molecule has 10 nitrogen and oxygen atoms in total. The van der Waals surface area contributed by atoms with Crippen LogP contribution in [0.15, 0.2) is 136 Å². The molecular formula is C56H66ClN7O3S3. The number of aliphatic hydroxyl groups excluding tert-OH is 1. The average Bonchev–Trinajstić information content (AvgIpc) is 3.65. The van der Waals surface area contributed by atoms with Crippen molar-refractivity contribution >= 4 is 75.6 Å². The summed E-state index contributed by atoms with van der Waals surface area (Å²) in [5.74, 6) is 0.893. The molecule has 2 atom stereocenters. The lowest BCUT2D eigenvalue weighted by atomic mass is 9.93. The molecule has 0 spiro atoms. The zero-order chi connectivity index (χ0) is 48.6. The van der Waals surface area contributed by atoms with Crippen LogP contribution in [-0.4, -0.2) is 94.4 Å². The summed E-state index contributed by atoms with van der Waals surface area (Å²) in [6, 6.07) is 41.4. The second-order valence-electron chi connectivity index (χ2n) is 19.0. The van der Waals surface area contributed by atoms with Crippen molar-refractivity contribution in [3.8, 4) is 22.4 Å². The molecule has 5 aromatic carbocycles. The molecule has 3 aliphatic rings. The van der Waals surface area contributed by atoms with Crippen LogP contribution in [0.3, 0.4) is 0 Å². The van der Waals surface area contributed by atoms with E-state index >= 15 is 0 Å². The summed E-state index contributed by atoms with van der Waals surface area (Å²) in [4.78, 5) is 24.2. The van der Waals surface area contributed by atoms with Crippen molar-refractivity contribution in [3.63, 3.8) is 0 Å². The summed E-state index contributed by atoms with van der Waals surface area (Å²) in [7, 11) is 0.567. The van der Waals surface area contributed by atoms with Gasteiger partial charge >= 0.3 is 0 Å². The zero-order valence-electron chi connectivity index (χ0n) is 40.3. The predicted molar refractivity (Wildman–Crippen MR) is 296 cm³/mol. The molecule has 1 aliphatic carbocycles. The second-order valence-corrected chi connectivity index (χ2v) is 22.2. The highest BCUT2D eigenvalue weighted by Gasteiger charge is 2.29. The second kappa shape index (κ2) is 23.6. The first-order valence-corrected chi connectivity index (χ1v) is 27.8. The Kier molecular flexibility index (Phi) is 16.8. The maximum Gasteiger partial charge on any atom is 0.253 e. The maximum atomic E-state index is 14.2. The monoisotopic (exact) mass is 1020 g/mol. The molecule has 4 N–H and O–H groups in total. The van der Waals surface area contributed by atoms with Gasteiger partial charge < -0.3 is 39.7 Å². The third-order valence-corrected chi connectivity index (χ3v) is 17.2. The first-order chi connectivity index (χ1) is 34.1. The number of halogens is 1. The Morgan fingerprint density at radius 3 is 2.20 bits per heavy atom. The van der Waals surface area contributed by atoms with E-state index in [0.717, 1.165) is 158 Å². The smallest absolute Gasteiger partial charge is 0.253 e. The Hall–Kier alpha value is -4.89. The largest absolute Gasteiger partial charge is 0.393 e. The SMILES string of the molecule is Cc1c(C(=O)NC2CCCCC2)c(-c2cccc(N3CCN(c4ccc(NS(=O)c5ccc(N[C@H](CCN6CCC(O)CC6)CSc6ccccc6)c(S)c5)cc4)CC3)c2)c(-c2ccc(Cl)cc2)n1C. The highest BCUT2D eigenvalue weighted by molar-refractivity contribution is 7.99. The molecule has 1 aromatic heterocycles. The fourth-order valence-corrected chi connectivity index (χ4v) is 12.5. The number of benzene rings is 5. The molecule has 3 fully saturated rings. The number of rotatable bonds is 17. The molecule has 3 heterocycles. The van der Waals surface area contributed by atoms with E-state index in [2.05, 4.69) is 109 Å². The average molecular weight is 1020 g/mol. The van der Waals surface area contributed by atoms with E-state index in [1.165, 1.54) is 11.3 Å². The van der Waals surface area contributed by atoms with E-state index < -0.39 is 11.0 Å². The van der Waals surface area contributed by atoms with Crippen LogP contribution in [0.1, 0.15) is 67.4 Å². The van der Waals surface area contributed by atoms with Gasteiger partial charge in [0.05, 0.1) is 22.3 Å². The van der Waals surface area contributed by atoms with Crippen LogP contribution in [0, 0.1) is 6.92 Å². The van der Waals surface area contributed by atoms with E-state index in [-0.39, 0.29) is 24.1 Å². The molecule has 1 unspecified atom stereocenters. The predicted octanol–water partition coefficient (Wildman–Crippen LogP) is 11.6. The Balaban J connectivity index is 0.826. The molecule has 2 aliphatic heterocycles. The van der Waals surface area contributed by atoms with E-state index in [0.29, 0.717) is 9.92 Å². The van der Waals surface area contributed by atoms with Crippen molar-refractivity contribution in [2.45, 2.75) is 91.2 Å². The minimum atomic E-state index is -1.48. The minimum Gasteiger partial charge on any atom is -0.393 e. The van der Waals surface area contributed by atoms with E-state index in [1.807, 2.05) is 72.4 Å². The highest BCUT2D eigenvalue weighted by Crippen LogP contribution is 2.41. The number of piperazine rings is 1. The summed E-state index contributed by atoms with van der Waals surface area (Å²) < 4.78 is 19.0. The number of amides is 1. The van der Waals surface area contributed by atoms with E-state index in [9.17, 15) is 14.1 Å². The standard InChI is InChI=1S/C56H66ClN7O3S3/c1-39-53(56(66)59-43-11-5-3-6-12-43)54(55(61(39)2)40-16-18-42(57)19-17-40)41-10-9-13-47(36-41)64-34-32-63(33-35-64)46-22-20-44(21-23-46)60-70(67)50-24-25-51(52(68)37-50)58-45(38-69-49-14-7-4-8-15-49)26-29-62-30-27-48(65)28-31-62/h4,7-10,13-25,36-37,43,45,48,58,60,65,68H,3,5-6,11-12,26-35,38H2,1-2H3,(H,59,66)/t45-,70?/m1/s1. The molecule has 1 amide bonds. The van der Waals surface area contributed by atoms with Gasteiger partial charge in [0, 0.05) is 120 Å². The van der Waals surface area contributed by atoms with Gasteiger partial charge in [-0.15, -0.1) is 24.4 Å². The van der Waals surface area contributed by atoms with Crippen LogP contribution in [0.4, 0.5) is 22.7 Å². The normalized spacial score (nSPS) is 17.0. The number of aromatic nitrogens is 1. The Morgan fingerprint density at radius 2 is 1.50 bits per heavy atom. The van der Waals surface area contributed by atoms with Crippen molar-refractivity contribution in [2.24, 2.45) is 7.05 Å². The number of aliphatic hydroxyl groups is 1. The van der Waals surface area contributed by atoms with Crippen LogP contribution < -0.4 is 25.2 Å². The number of likely N-dealkylation sites (tertiary alicyclic amines) is 1. The van der Waals surface area contributed by atoms with Crippen molar-refractivity contribution in [1.82, 2.24) is 14.8 Å². The molecule has 0 radical (unpaired) electrons. The van der Waals surface area contributed by atoms with Gasteiger partial charge in [0.15, 0.2) is 0 Å². The van der Waals surface area contributed by atoms with Gasteiger partial charge in [0.1, 0.15) is 11.0 Å². The van der Waals surface area contributed by atoms with Crippen LogP contribution in [0.25, 0.3) is 22.4 Å². The third-order valence-electron chi connectivity index (χ3n) is 14.3. The van der Waals surface area contributed by atoms with Crippen molar-refractivity contribution in [2.75, 3.05) is 71.4 Å². The molecule has 0 bridgehead atoms. The Morgan fingerprint density at radius 1 is 0.800 bits per heavy atom. The number of thiol groups is 1. The lowest BCUT2D eigenvalue weighted by molar-refractivity contribution is 0.0817. The molecule has 368 valence electrons. The number of carbonyl (C=O) groups excluding carboxylic acids is 1. The topological polar surface area (TPSA) is 105 Å². The number of hydrogen-bond donors (Lipinski definition) is 5. The van der Waals surface area contributed by atoms with Crippen LogP contribution >= 0.6 is 36.0 Å². The summed E-state index contributed by atoms with van der Waals surface area (Å²) in [5.41, 5.74) is 9.62. The first kappa shape index (κ1) is 50.1. The molecule has 9 rings (SSSR count). The molecule has 14 heteroatoms. The third kappa shape index (κ3) is 12.4. The molecule has 1 saturated carbocycles. The van der Waals surface area contributed by atoms with Crippen molar-refractivity contribution in [3.05, 3.63) is 138 Å². The van der Waals surface area contributed by atoms with Crippen LogP contribution in [0.2, 0.25) is 5.02 Å². The van der Waals surface area contributed by atoms with Gasteiger partial charge in [-0.05, 0) is 129 Å². The quantitative estimate of drug-likeness (QED) is 0.0455. The van der Waals surface area contributed by atoms with Gasteiger partial charge in [-0.2, -0.15) is 0 Å². The Labute approximate surface area is 431 Å². The summed E-state index contributed by atoms with van der Waals surface area (Å²) in [6.07, 6.45) is 8.03. The summed E-state index contributed by atoms with van der Waals surface area (Å²) in [5, 5.41) is 17.8. The lowest BCUT2D eigenvalue weighted by Crippen LogP contribution is -2.46. The van der Waals surface area contributed by atoms with Gasteiger partial charge in [0.2, 0.25) is 0 Å². The lowest BCUT2D eigenvalue weighted by Gasteiger charge is -2.37. The van der Waals surface area contributed by atoms with Crippen molar-refractivity contribution < 1.29 is 14.1 Å². The number of anilines is 4. The fourth-order valence-electron chi connectivity index (χ4n) is 10.2. The number of hydrogen-bond acceptors (Lipinski definition) is 9. The first-order valence-electron chi connectivity index (χ1n) is 24.9. The number of carbonyl (C=O) groups is 1. The molecule has 70 heavy (non-hydrogen) atoms. The maximum absolute atomic E-state index is 14.2. The van der Waals surface area contributed by atoms with Crippen molar-refractivity contribution in [1.29, 1.82) is 0 Å². The number of nitrogens with zero attached hydrogens (tertiary/aromatic N) is 4. The number of piperidine rings is 1. The number of nitrogens with one attached hydrogen (secondary N) is 3. The fraction of sp³-hybridized carbons (Fsp3) is 0.375. The number of thioether (sulfide) groups is 1.